The van der Waals surface area contributed by atoms with Crippen LogP contribution in [0, 0.1) is 0 Å². The molecular weight excluding hydrogens is 554 g/mol. The maximum Gasteiger partial charge on any atom is 0.409 e. The largest absolute Gasteiger partial charge is 0.448 e. The zero-order chi connectivity index (χ0) is 30.0. The van der Waals surface area contributed by atoms with Crippen LogP contribution in [0.5, 0.6) is 0 Å². The molecule has 2 aromatic carbocycles. The standard InChI is InChI=1S/C33H47NO9/c1-34(33(35)43-26-31-29-10-4-2-8-27(29)28-9-3-5-11-30(28)31)13-15-36-16-17-37-18-19-38-20-21-39-22-23-40-24-25-42-32-12-6-7-14-41-32/h2-5,8-11,31-32H,6-7,12-26H2,1H3. The van der Waals surface area contributed by atoms with Crippen LogP contribution < -0.4 is 0 Å². The van der Waals surface area contributed by atoms with Gasteiger partial charge in [0.25, 0.3) is 0 Å². The topological polar surface area (TPSA) is 94.2 Å². The molecule has 1 unspecified atom stereocenters. The molecule has 1 aliphatic heterocycles. The van der Waals surface area contributed by atoms with Gasteiger partial charge in [0.2, 0.25) is 0 Å². The highest BCUT2D eigenvalue weighted by molar-refractivity contribution is 5.79. The van der Waals surface area contributed by atoms with Gasteiger partial charge < -0.3 is 42.8 Å². The number of rotatable bonds is 21. The van der Waals surface area contributed by atoms with Crippen LogP contribution in [0.3, 0.4) is 0 Å². The Morgan fingerprint density at radius 1 is 0.721 bits per heavy atom. The number of amides is 1. The zero-order valence-corrected chi connectivity index (χ0v) is 25.4. The lowest BCUT2D eigenvalue weighted by molar-refractivity contribution is -0.169. The maximum atomic E-state index is 12.6. The lowest BCUT2D eigenvalue weighted by atomic mass is 9.98. The van der Waals surface area contributed by atoms with Gasteiger partial charge in [0.05, 0.1) is 72.7 Å². The smallest absolute Gasteiger partial charge is 0.409 e. The van der Waals surface area contributed by atoms with E-state index in [0.29, 0.717) is 85.8 Å². The van der Waals surface area contributed by atoms with E-state index in [4.69, 9.17) is 37.9 Å². The predicted octanol–water partition coefficient (Wildman–Crippen LogP) is 4.49. The third-order valence-corrected chi connectivity index (χ3v) is 7.38. The van der Waals surface area contributed by atoms with Crippen LogP contribution in [0.1, 0.15) is 36.3 Å². The van der Waals surface area contributed by atoms with Crippen molar-refractivity contribution < 1.29 is 42.7 Å². The summed E-state index contributed by atoms with van der Waals surface area (Å²) in [6.07, 6.45) is 2.82. The molecule has 0 radical (unpaired) electrons. The summed E-state index contributed by atoms with van der Waals surface area (Å²) < 4.78 is 44.4. The molecule has 0 saturated carbocycles. The van der Waals surface area contributed by atoms with E-state index in [2.05, 4.69) is 24.3 Å². The van der Waals surface area contributed by atoms with Gasteiger partial charge in [-0.2, -0.15) is 0 Å². The highest BCUT2D eigenvalue weighted by atomic mass is 16.7. The number of benzene rings is 2. The maximum absolute atomic E-state index is 12.6. The molecule has 0 N–H and O–H groups in total. The van der Waals surface area contributed by atoms with Gasteiger partial charge in [0.15, 0.2) is 6.29 Å². The summed E-state index contributed by atoms with van der Waals surface area (Å²) >= 11 is 0. The van der Waals surface area contributed by atoms with Gasteiger partial charge in [-0.1, -0.05) is 48.5 Å². The molecule has 1 saturated heterocycles. The Hall–Kier alpha value is -2.57. The van der Waals surface area contributed by atoms with Crippen molar-refractivity contribution in [2.45, 2.75) is 31.5 Å². The number of hydrogen-bond donors (Lipinski definition) is 0. The third kappa shape index (κ3) is 11.5. The Morgan fingerprint density at radius 3 is 1.77 bits per heavy atom. The molecule has 1 amide bonds. The molecular formula is C33H47NO9. The van der Waals surface area contributed by atoms with E-state index in [1.165, 1.54) is 27.2 Å². The van der Waals surface area contributed by atoms with E-state index < -0.39 is 0 Å². The Bertz CT molecular complexity index is 1020. The van der Waals surface area contributed by atoms with Crippen molar-refractivity contribution in [3.05, 3.63) is 59.7 Å². The SMILES string of the molecule is CN(CCOCCOCCOCCOCCOCCOC1CCCCO1)C(=O)OCC1c2ccccc2-c2ccccc21. The van der Waals surface area contributed by atoms with Crippen molar-refractivity contribution >= 4 is 6.09 Å². The molecule has 238 valence electrons. The third-order valence-electron chi connectivity index (χ3n) is 7.38. The van der Waals surface area contributed by atoms with Crippen LogP contribution in [-0.4, -0.2) is 117 Å². The first kappa shape index (κ1) is 33.3. The van der Waals surface area contributed by atoms with Crippen molar-refractivity contribution in [2.24, 2.45) is 0 Å². The van der Waals surface area contributed by atoms with Gasteiger partial charge in [-0.15, -0.1) is 0 Å². The fourth-order valence-corrected chi connectivity index (χ4v) is 5.06. The first-order chi connectivity index (χ1) is 21.2. The molecule has 2 aliphatic rings. The first-order valence-corrected chi connectivity index (χ1v) is 15.4. The minimum atomic E-state index is -0.356. The average molecular weight is 602 g/mol. The summed E-state index contributed by atoms with van der Waals surface area (Å²) in [6.45, 7) is 6.96. The molecule has 10 nitrogen and oxygen atoms in total. The number of ether oxygens (including phenoxy) is 8. The van der Waals surface area contributed by atoms with E-state index in [1.54, 1.807) is 7.05 Å². The Balaban J connectivity index is 0.910. The quantitative estimate of drug-likeness (QED) is 0.192. The van der Waals surface area contributed by atoms with Gasteiger partial charge in [-0.3, -0.25) is 0 Å². The molecule has 1 fully saturated rings. The molecule has 1 heterocycles. The minimum Gasteiger partial charge on any atom is -0.448 e. The lowest BCUT2D eigenvalue weighted by Gasteiger charge is -2.22. The monoisotopic (exact) mass is 601 g/mol. The van der Waals surface area contributed by atoms with Crippen molar-refractivity contribution in [2.75, 3.05) is 99.5 Å². The number of carbonyl (C=O) groups excluding carboxylic acids is 1. The van der Waals surface area contributed by atoms with Crippen LogP contribution in [0.15, 0.2) is 48.5 Å². The molecule has 0 aromatic heterocycles. The Labute approximate surface area is 255 Å². The van der Waals surface area contributed by atoms with Crippen molar-refractivity contribution in [3.63, 3.8) is 0 Å². The van der Waals surface area contributed by atoms with Gasteiger partial charge in [0.1, 0.15) is 6.61 Å². The highest BCUT2D eigenvalue weighted by Crippen LogP contribution is 2.44. The summed E-state index contributed by atoms with van der Waals surface area (Å²) in [7, 11) is 1.72. The van der Waals surface area contributed by atoms with Gasteiger partial charge in [-0.25, -0.2) is 4.79 Å². The fraction of sp³-hybridized carbons (Fsp3) is 0.606. The normalized spacial score (nSPS) is 16.2. The minimum absolute atomic E-state index is 0.0481. The molecule has 1 atom stereocenters. The van der Waals surface area contributed by atoms with Crippen LogP contribution in [-0.2, 0) is 37.9 Å². The number of fused-ring (bicyclic) bond motifs is 3. The molecule has 4 rings (SSSR count). The van der Waals surface area contributed by atoms with Crippen LogP contribution >= 0.6 is 0 Å². The fourth-order valence-electron chi connectivity index (χ4n) is 5.06. The lowest BCUT2D eigenvalue weighted by Crippen LogP contribution is -2.32. The number of likely N-dealkylation sites (N-methyl/N-ethyl adjacent to an activating group) is 1. The van der Waals surface area contributed by atoms with E-state index in [0.717, 1.165) is 25.9 Å². The molecule has 0 spiro atoms. The van der Waals surface area contributed by atoms with E-state index >= 15 is 0 Å². The van der Waals surface area contributed by atoms with Crippen molar-refractivity contribution in [1.29, 1.82) is 0 Å². The average Bonchev–Trinajstić information content (AvgIpc) is 3.37. The number of nitrogens with zero attached hydrogens (tertiary/aromatic N) is 1. The van der Waals surface area contributed by atoms with Crippen LogP contribution in [0.4, 0.5) is 4.79 Å². The number of hydrogen-bond acceptors (Lipinski definition) is 9. The van der Waals surface area contributed by atoms with Gasteiger partial charge in [0, 0.05) is 26.1 Å². The Kier molecular flexibility index (Phi) is 15.2. The summed E-state index contributed by atoms with van der Waals surface area (Å²) in [4.78, 5) is 14.1. The second-order valence-electron chi connectivity index (χ2n) is 10.5. The van der Waals surface area contributed by atoms with E-state index in [1.807, 2.05) is 24.3 Å². The second-order valence-corrected chi connectivity index (χ2v) is 10.5. The second kappa shape index (κ2) is 19.7. The highest BCUT2D eigenvalue weighted by Gasteiger charge is 2.29. The van der Waals surface area contributed by atoms with Crippen LogP contribution in [0.25, 0.3) is 11.1 Å². The van der Waals surface area contributed by atoms with Gasteiger partial charge in [-0.05, 0) is 41.5 Å². The molecule has 1 aliphatic carbocycles. The molecule has 10 heteroatoms. The van der Waals surface area contributed by atoms with Crippen molar-refractivity contribution in [1.82, 2.24) is 4.90 Å². The van der Waals surface area contributed by atoms with Crippen molar-refractivity contribution in [3.8, 4) is 11.1 Å². The Morgan fingerprint density at radius 2 is 1.23 bits per heavy atom. The summed E-state index contributed by atoms with van der Waals surface area (Å²) in [6, 6.07) is 16.6. The molecule has 2 aromatic rings. The van der Waals surface area contributed by atoms with Gasteiger partial charge >= 0.3 is 6.09 Å². The first-order valence-electron chi connectivity index (χ1n) is 15.4. The zero-order valence-electron chi connectivity index (χ0n) is 25.4. The number of carbonyl (C=O) groups is 1. The van der Waals surface area contributed by atoms with E-state index in [9.17, 15) is 4.79 Å². The van der Waals surface area contributed by atoms with Crippen LogP contribution in [0.2, 0.25) is 0 Å². The molecule has 43 heavy (non-hydrogen) atoms. The predicted molar refractivity (Wildman–Crippen MR) is 161 cm³/mol. The summed E-state index contributed by atoms with van der Waals surface area (Å²) in [5.74, 6) is 0.0481. The summed E-state index contributed by atoms with van der Waals surface area (Å²) in [5, 5.41) is 0. The summed E-state index contributed by atoms with van der Waals surface area (Å²) in [5.41, 5.74) is 4.82. The molecule has 0 bridgehead atoms. The van der Waals surface area contributed by atoms with E-state index in [-0.39, 0.29) is 18.3 Å².